The predicted octanol–water partition coefficient (Wildman–Crippen LogP) is 14.2. The summed E-state index contributed by atoms with van der Waals surface area (Å²) >= 11 is 0. The third-order valence-corrected chi connectivity index (χ3v) is 15.0. The van der Waals surface area contributed by atoms with Crippen LogP contribution in [0, 0.1) is 0 Å². The second-order valence-corrected chi connectivity index (χ2v) is 22.3. The van der Waals surface area contributed by atoms with Crippen LogP contribution in [-0.2, 0) is 28.9 Å². The summed E-state index contributed by atoms with van der Waals surface area (Å²) in [6, 6.07) is -0.857. The van der Waals surface area contributed by atoms with Crippen LogP contribution in [-0.4, -0.2) is 95.4 Å². The molecule has 7 unspecified atom stereocenters. The van der Waals surface area contributed by atoms with E-state index in [0.717, 1.165) is 51.4 Å². The average molecular weight is 1030 g/mol. The Morgan fingerprint density at radius 2 is 0.901 bits per heavy atom. The summed E-state index contributed by atoms with van der Waals surface area (Å²) in [7, 11) is -5.08. The van der Waals surface area contributed by atoms with E-state index in [0.29, 0.717) is 12.8 Å². The number of unbranched alkanes of at least 4 members (excludes halogenated alkanes) is 39. The number of carbonyl (C=O) groups is 1. The molecule has 71 heavy (non-hydrogen) atoms. The minimum absolute atomic E-state index is 0.226. The zero-order valence-electron chi connectivity index (χ0n) is 45.8. The predicted molar refractivity (Wildman–Crippen MR) is 292 cm³/mol. The molecule has 0 aromatic rings. The van der Waals surface area contributed by atoms with Crippen LogP contribution >= 0.6 is 0 Å². The van der Waals surface area contributed by atoms with E-state index in [-0.39, 0.29) is 12.5 Å². The van der Waals surface area contributed by atoms with E-state index in [1.54, 1.807) is 0 Å². The smallest absolute Gasteiger partial charge is 0.394 e. The SMILES string of the molecule is CCCCCCCCCCCCCC/C=C\CCCCCCCCCCCCC(=O)NC(COC1OC(CO)C(O)C(OS(=O)(=O)O)C1O)C(O)CCCCCCCCCCCCCCCCCCCC. The Morgan fingerprint density at radius 1 is 0.549 bits per heavy atom. The highest BCUT2D eigenvalue weighted by molar-refractivity contribution is 7.80. The van der Waals surface area contributed by atoms with Gasteiger partial charge in [-0.3, -0.25) is 9.35 Å². The molecule has 0 radical (unpaired) electrons. The molecule has 1 aliphatic heterocycles. The normalized spacial score (nSPS) is 19.5. The maximum absolute atomic E-state index is 13.2. The maximum atomic E-state index is 13.2. The molecule has 422 valence electrons. The van der Waals surface area contributed by atoms with Gasteiger partial charge in [-0.15, -0.1) is 0 Å². The molecule has 7 atom stereocenters. The Balaban J connectivity index is 2.31. The summed E-state index contributed by atoms with van der Waals surface area (Å²) in [4.78, 5) is 13.2. The van der Waals surface area contributed by atoms with Crippen LogP contribution < -0.4 is 5.32 Å². The minimum Gasteiger partial charge on any atom is -0.394 e. The van der Waals surface area contributed by atoms with E-state index in [2.05, 4.69) is 35.5 Å². The third-order valence-electron chi connectivity index (χ3n) is 14.6. The molecule has 0 aliphatic carbocycles. The highest BCUT2D eigenvalue weighted by atomic mass is 32.3. The molecule has 0 saturated carbocycles. The maximum Gasteiger partial charge on any atom is 0.397 e. The molecule has 6 N–H and O–H groups in total. The summed E-state index contributed by atoms with van der Waals surface area (Å²) in [6.07, 6.45) is 49.3. The fourth-order valence-corrected chi connectivity index (χ4v) is 10.4. The molecule has 1 saturated heterocycles. The lowest BCUT2D eigenvalue weighted by molar-refractivity contribution is -0.298. The van der Waals surface area contributed by atoms with Crippen LogP contribution in [0.4, 0.5) is 0 Å². The van der Waals surface area contributed by atoms with Crippen LogP contribution in [0.25, 0.3) is 0 Å². The topological polar surface area (TPSA) is 192 Å². The zero-order valence-corrected chi connectivity index (χ0v) is 46.6. The first-order valence-corrected chi connectivity index (χ1v) is 31.4. The molecular formula is C58H113NO11S. The summed E-state index contributed by atoms with van der Waals surface area (Å²) in [5.74, 6) is -0.226. The van der Waals surface area contributed by atoms with Crippen molar-refractivity contribution in [2.75, 3.05) is 13.2 Å². The molecule has 1 aliphatic rings. The Bertz CT molecular complexity index is 1310. The quantitative estimate of drug-likeness (QED) is 0.0193. The Morgan fingerprint density at radius 3 is 1.27 bits per heavy atom. The van der Waals surface area contributed by atoms with Crippen molar-refractivity contribution < 1.29 is 51.8 Å². The molecule has 0 bridgehead atoms. The lowest BCUT2D eigenvalue weighted by atomic mass is 9.99. The molecule has 1 rings (SSSR count). The van der Waals surface area contributed by atoms with Crippen molar-refractivity contribution in [3.05, 3.63) is 12.2 Å². The summed E-state index contributed by atoms with van der Waals surface area (Å²) in [6.45, 7) is 3.50. The van der Waals surface area contributed by atoms with Crippen molar-refractivity contribution in [2.45, 2.75) is 339 Å². The Hall–Kier alpha value is -1.16. The number of carbonyl (C=O) groups excluding carboxylic acids is 1. The van der Waals surface area contributed by atoms with Crippen molar-refractivity contribution in [1.82, 2.24) is 5.32 Å². The van der Waals surface area contributed by atoms with Gasteiger partial charge >= 0.3 is 10.4 Å². The monoisotopic (exact) mass is 1030 g/mol. The van der Waals surface area contributed by atoms with E-state index in [1.807, 2.05) is 0 Å². The molecule has 1 fully saturated rings. The number of rotatable bonds is 53. The van der Waals surface area contributed by atoms with Gasteiger partial charge in [-0.2, -0.15) is 8.42 Å². The average Bonchev–Trinajstić information content (AvgIpc) is 3.34. The lowest BCUT2D eigenvalue weighted by Gasteiger charge is -2.41. The van der Waals surface area contributed by atoms with Crippen molar-refractivity contribution in [2.24, 2.45) is 0 Å². The summed E-state index contributed by atoms with van der Waals surface area (Å²) in [5.41, 5.74) is 0. The van der Waals surface area contributed by atoms with Crippen LogP contribution in [0.1, 0.15) is 296 Å². The van der Waals surface area contributed by atoms with Gasteiger partial charge in [0, 0.05) is 6.42 Å². The van der Waals surface area contributed by atoms with Gasteiger partial charge in [0.2, 0.25) is 5.91 Å². The van der Waals surface area contributed by atoms with E-state index in [1.165, 1.54) is 218 Å². The molecule has 0 spiro atoms. The first-order chi connectivity index (χ1) is 34.5. The minimum atomic E-state index is -5.08. The zero-order chi connectivity index (χ0) is 51.9. The van der Waals surface area contributed by atoms with Gasteiger partial charge in [-0.25, -0.2) is 4.18 Å². The van der Waals surface area contributed by atoms with Crippen molar-refractivity contribution in [3.63, 3.8) is 0 Å². The largest absolute Gasteiger partial charge is 0.397 e. The second-order valence-electron chi connectivity index (χ2n) is 21.3. The summed E-state index contributed by atoms with van der Waals surface area (Å²) < 4.78 is 47.9. The number of hydrogen-bond acceptors (Lipinski definition) is 10. The number of amides is 1. The van der Waals surface area contributed by atoms with Gasteiger partial charge in [0.25, 0.3) is 0 Å². The Labute approximate surface area is 436 Å². The Kier molecular flexibility index (Phi) is 46.3. The molecule has 1 heterocycles. The van der Waals surface area contributed by atoms with E-state index < -0.39 is 59.9 Å². The first-order valence-electron chi connectivity index (χ1n) is 30.1. The molecule has 0 aromatic heterocycles. The van der Waals surface area contributed by atoms with Gasteiger partial charge in [0.05, 0.1) is 25.4 Å². The summed E-state index contributed by atoms with van der Waals surface area (Å²) in [5, 5.41) is 45.1. The number of ether oxygens (including phenoxy) is 2. The lowest BCUT2D eigenvalue weighted by Crippen LogP contribution is -2.61. The van der Waals surface area contributed by atoms with Gasteiger partial charge in [0.1, 0.15) is 24.4 Å². The fraction of sp³-hybridized carbons (Fsp3) is 0.948. The van der Waals surface area contributed by atoms with Gasteiger partial charge in [-0.05, 0) is 38.5 Å². The number of hydrogen-bond donors (Lipinski definition) is 6. The van der Waals surface area contributed by atoms with Crippen molar-refractivity contribution in [1.29, 1.82) is 0 Å². The van der Waals surface area contributed by atoms with Crippen LogP contribution in [0.5, 0.6) is 0 Å². The number of aliphatic hydroxyl groups excluding tert-OH is 4. The number of aliphatic hydroxyl groups is 4. The molecular weight excluding hydrogens is 919 g/mol. The van der Waals surface area contributed by atoms with Crippen molar-refractivity contribution >= 4 is 16.3 Å². The van der Waals surface area contributed by atoms with E-state index >= 15 is 0 Å². The van der Waals surface area contributed by atoms with Gasteiger partial charge < -0.3 is 35.2 Å². The van der Waals surface area contributed by atoms with Crippen molar-refractivity contribution in [3.8, 4) is 0 Å². The highest BCUT2D eigenvalue weighted by Crippen LogP contribution is 2.26. The molecule has 13 heteroatoms. The van der Waals surface area contributed by atoms with Gasteiger partial charge in [-0.1, -0.05) is 264 Å². The number of nitrogens with one attached hydrogen (secondary N) is 1. The van der Waals surface area contributed by atoms with Crippen LogP contribution in [0.3, 0.4) is 0 Å². The van der Waals surface area contributed by atoms with Gasteiger partial charge in [0.15, 0.2) is 6.29 Å². The fourth-order valence-electron chi connectivity index (χ4n) is 9.93. The second kappa shape index (κ2) is 48.5. The van der Waals surface area contributed by atoms with Crippen LogP contribution in [0.15, 0.2) is 12.2 Å². The molecule has 12 nitrogen and oxygen atoms in total. The third kappa shape index (κ3) is 40.8. The van der Waals surface area contributed by atoms with Crippen LogP contribution in [0.2, 0.25) is 0 Å². The first kappa shape index (κ1) is 67.9. The standard InChI is InChI=1S/C58H113NO11S/c1-3-5-7-9-11-13-15-17-19-21-23-24-25-26-27-28-29-30-32-34-36-38-40-42-44-46-48-54(62)59-51(50-68-58-56(64)57(70-71(65,66)67)55(63)53(49-60)69-58)52(61)47-45-43-41-39-37-35-33-31-22-20-18-16-14-12-10-8-6-4-2/h26-27,51-53,55-58,60-61,63-64H,3-25,28-50H2,1-2H3,(H,59,62)(H,65,66,67)/b27-26-. The molecule has 0 aromatic carbocycles. The number of allylic oxidation sites excluding steroid dienone is 2. The van der Waals surface area contributed by atoms with E-state index in [4.69, 9.17) is 9.47 Å². The highest BCUT2D eigenvalue weighted by Gasteiger charge is 2.48. The van der Waals surface area contributed by atoms with E-state index in [9.17, 15) is 38.2 Å². The molecule has 1 amide bonds.